The Morgan fingerprint density at radius 1 is 1.16 bits per heavy atom. The van der Waals surface area contributed by atoms with Crippen molar-refractivity contribution < 1.29 is 9.53 Å². The lowest BCUT2D eigenvalue weighted by molar-refractivity contribution is -0.125. The zero-order valence-electron chi connectivity index (χ0n) is 17.6. The largest absolute Gasteiger partial charge is 0.457 e. The number of nitrogens with two attached hydrogens (primary N) is 1. The van der Waals surface area contributed by atoms with Crippen molar-refractivity contribution in [1.29, 1.82) is 0 Å². The average Bonchev–Trinajstić information content (AvgIpc) is 3.46. The molecule has 1 saturated heterocycles. The van der Waals surface area contributed by atoms with E-state index in [2.05, 4.69) is 16.9 Å². The van der Waals surface area contributed by atoms with Crippen LogP contribution in [0.25, 0.3) is 17.1 Å². The number of carbonyl (C=O) groups is 1. The summed E-state index contributed by atoms with van der Waals surface area (Å²) in [5.74, 6) is 2.01. The van der Waals surface area contributed by atoms with Gasteiger partial charge in [0.2, 0.25) is 5.91 Å². The summed E-state index contributed by atoms with van der Waals surface area (Å²) in [6, 6.07) is 17.4. The third-order valence-corrected chi connectivity index (χ3v) is 5.76. The van der Waals surface area contributed by atoms with Crippen LogP contribution in [0.2, 0.25) is 0 Å². The summed E-state index contributed by atoms with van der Waals surface area (Å²) in [5, 5.41) is 8.80. The number of likely N-dealkylation sites (tertiary alicyclic amines) is 1. The minimum Gasteiger partial charge on any atom is -0.457 e. The molecule has 0 bridgehead atoms. The number of ether oxygens (including phenoxy) is 1. The van der Waals surface area contributed by atoms with Crippen molar-refractivity contribution in [2.24, 2.45) is 10.7 Å². The van der Waals surface area contributed by atoms with Crippen LogP contribution in [0.5, 0.6) is 11.5 Å². The third kappa shape index (κ3) is 3.60. The molecule has 32 heavy (non-hydrogen) atoms. The lowest BCUT2D eigenvalue weighted by atomic mass is 10.1. The van der Waals surface area contributed by atoms with E-state index in [1.54, 1.807) is 4.90 Å². The van der Waals surface area contributed by atoms with Gasteiger partial charge in [0.05, 0.1) is 11.3 Å². The second-order valence-corrected chi connectivity index (χ2v) is 7.77. The Bertz CT molecular complexity index is 1280. The SMILES string of the molecule is C=CC(=O)N1CCC(n2nc(-c3ccc(Oc4ccccc4)cc3)c3c2=NCNC=3N)C1. The van der Waals surface area contributed by atoms with Gasteiger partial charge in [0.25, 0.3) is 0 Å². The van der Waals surface area contributed by atoms with Crippen LogP contribution in [0.3, 0.4) is 0 Å². The van der Waals surface area contributed by atoms with E-state index in [-0.39, 0.29) is 11.9 Å². The van der Waals surface area contributed by atoms with E-state index < -0.39 is 0 Å². The van der Waals surface area contributed by atoms with Crippen molar-refractivity contribution in [2.75, 3.05) is 19.8 Å². The Hall–Kier alpha value is -4.07. The van der Waals surface area contributed by atoms with Crippen molar-refractivity contribution in [2.45, 2.75) is 12.5 Å². The zero-order chi connectivity index (χ0) is 22.1. The molecule has 1 unspecified atom stereocenters. The number of fused-ring (bicyclic) bond motifs is 1. The molecule has 8 nitrogen and oxygen atoms in total. The molecule has 2 aliphatic rings. The predicted molar refractivity (Wildman–Crippen MR) is 121 cm³/mol. The first kappa shape index (κ1) is 19.9. The molecule has 2 aliphatic heterocycles. The van der Waals surface area contributed by atoms with Crippen LogP contribution in [0.1, 0.15) is 12.5 Å². The molecule has 3 N–H and O–H groups in total. The van der Waals surface area contributed by atoms with E-state index in [4.69, 9.17) is 15.6 Å². The van der Waals surface area contributed by atoms with E-state index in [1.165, 1.54) is 6.08 Å². The molecule has 5 rings (SSSR count). The molecule has 1 atom stereocenters. The fourth-order valence-corrected chi connectivity index (χ4v) is 4.15. The first-order chi connectivity index (χ1) is 15.6. The van der Waals surface area contributed by atoms with Gasteiger partial charge in [0.1, 0.15) is 29.7 Å². The van der Waals surface area contributed by atoms with E-state index in [0.29, 0.717) is 25.6 Å². The summed E-state index contributed by atoms with van der Waals surface area (Å²) >= 11 is 0. The molecule has 8 heteroatoms. The fraction of sp³-hybridized carbons (Fsp3) is 0.208. The molecule has 0 spiro atoms. The maximum absolute atomic E-state index is 12.0. The minimum absolute atomic E-state index is 0.0386. The van der Waals surface area contributed by atoms with E-state index >= 15 is 0 Å². The van der Waals surface area contributed by atoms with Crippen LogP contribution in [-0.2, 0) is 4.79 Å². The van der Waals surface area contributed by atoms with Crippen molar-refractivity contribution >= 4 is 11.7 Å². The van der Waals surface area contributed by atoms with Gasteiger partial charge in [-0.2, -0.15) is 5.10 Å². The van der Waals surface area contributed by atoms with Gasteiger partial charge in [-0.3, -0.25) is 4.79 Å². The maximum Gasteiger partial charge on any atom is 0.246 e. The quantitative estimate of drug-likeness (QED) is 0.601. The standard InChI is InChI=1S/C24H24N6O2/c1-2-20(31)29-13-12-17(14-29)30-24-21(23(25)26-15-27-24)22(28-30)16-8-10-19(11-9-16)32-18-6-4-3-5-7-18/h2-11,17,26H,1,12-15,25H2. The average molecular weight is 428 g/mol. The number of aromatic nitrogens is 2. The van der Waals surface area contributed by atoms with Gasteiger partial charge in [-0.1, -0.05) is 24.8 Å². The molecule has 1 aromatic heterocycles. The molecule has 3 aromatic rings. The lowest BCUT2D eigenvalue weighted by Crippen LogP contribution is -2.44. The van der Waals surface area contributed by atoms with E-state index in [9.17, 15) is 4.79 Å². The Morgan fingerprint density at radius 3 is 2.66 bits per heavy atom. The van der Waals surface area contributed by atoms with Gasteiger partial charge >= 0.3 is 0 Å². The summed E-state index contributed by atoms with van der Waals surface area (Å²) in [4.78, 5) is 18.5. The smallest absolute Gasteiger partial charge is 0.246 e. The van der Waals surface area contributed by atoms with Gasteiger partial charge < -0.3 is 20.7 Å². The van der Waals surface area contributed by atoms with E-state index in [1.807, 2.05) is 59.3 Å². The molecule has 1 amide bonds. The topological polar surface area (TPSA) is 97.8 Å². The third-order valence-electron chi connectivity index (χ3n) is 5.76. The van der Waals surface area contributed by atoms with Gasteiger partial charge in [-0.15, -0.1) is 0 Å². The first-order valence-corrected chi connectivity index (χ1v) is 10.6. The Morgan fingerprint density at radius 2 is 1.91 bits per heavy atom. The van der Waals surface area contributed by atoms with Crippen LogP contribution >= 0.6 is 0 Å². The van der Waals surface area contributed by atoms with Crippen molar-refractivity contribution in [3.8, 4) is 22.8 Å². The van der Waals surface area contributed by atoms with Crippen LogP contribution in [0.4, 0.5) is 0 Å². The van der Waals surface area contributed by atoms with E-state index in [0.717, 1.165) is 39.9 Å². The second kappa shape index (κ2) is 8.22. The summed E-state index contributed by atoms with van der Waals surface area (Å²) < 4.78 is 7.82. The van der Waals surface area contributed by atoms with Crippen molar-refractivity contribution in [1.82, 2.24) is 20.0 Å². The molecule has 0 saturated carbocycles. The van der Waals surface area contributed by atoms with Crippen LogP contribution in [0.15, 0.2) is 72.2 Å². The number of para-hydroxylation sites is 1. The highest BCUT2D eigenvalue weighted by Crippen LogP contribution is 2.25. The maximum atomic E-state index is 12.0. The van der Waals surface area contributed by atoms with Crippen molar-refractivity contribution in [3.63, 3.8) is 0 Å². The number of benzene rings is 2. The zero-order valence-corrected chi connectivity index (χ0v) is 17.6. The molecule has 3 heterocycles. The van der Waals surface area contributed by atoms with Crippen LogP contribution in [-0.4, -0.2) is 40.3 Å². The van der Waals surface area contributed by atoms with Gasteiger partial charge in [0.15, 0.2) is 5.49 Å². The van der Waals surface area contributed by atoms with Crippen molar-refractivity contribution in [3.05, 3.63) is 78.0 Å². The Labute approximate surface area is 185 Å². The highest BCUT2D eigenvalue weighted by atomic mass is 16.5. The number of amides is 1. The van der Waals surface area contributed by atoms with Gasteiger partial charge in [-0.05, 0) is 48.9 Å². The molecule has 1 fully saturated rings. The monoisotopic (exact) mass is 428 g/mol. The minimum atomic E-state index is -0.0626. The number of rotatable bonds is 5. The molecule has 0 aliphatic carbocycles. The summed E-state index contributed by atoms with van der Waals surface area (Å²) in [6.07, 6.45) is 2.16. The van der Waals surface area contributed by atoms with Gasteiger partial charge in [0, 0.05) is 18.7 Å². The Kier molecular flexibility index (Phi) is 5.10. The second-order valence-electron chi connectivity index (χ2n) is 7.77. The fourth-order valence-electron chi connectivity index (χ4n) is 4.15. The summed E-state index contributed by atoms with van der Waals surface area (Å²) in [5.41, 5.74) is 8.74. The lowest BCUT2D eigenvalue weighted by Gasteiger charge is -2.15. The number of carbonyl (C=O) groups excluding carboxylic acids is 1. The highest BCUT2D eigenvalue weighted by Gasteiger charge is 2.29. The van der Waals surface area contributed by atoms with Gasteiger partial charge in [-0.25, -0.2) is 9.67 Å². The number of hydrogen-bond acceptors (Lipinski definition) is 6. The molecular formula is C24H24N6O2. The number of nitrogens with zero attached hydrogens (tertiary/aromatic N) is 4. The first-order valence-electron chi connectivity index (χ1n) is 10.6. The van der Waals surface area contributed by atoms with Crippen LogP contribution in [0, 0.1) is 0 Å². The number of nitrogens with one attached hydrogen (secondary N) is 1. The number of hydrogen-bond donors (Lipinski definition) is 2. The predicted octanol–water partition coefficient (Wildman–Crippen LogP) is 1.51. The summed E-state index contributed by atoms with van der Waals surface area (Å²) in [6.45, 7) is 5.23. The summed E-state index contributed by atoms with van der Waals surface area (Å²) in [7, 11) is 0. The highest BCUT2D eigenvalue weighted by molar-refractivity contribution is 5.87. The molecule has 162 valence electrons. The molecule has 0 radical (unpaired) electrons. The molecular weight excluding hydrogens is 404 g/mol. The normalized spacial score (nSPS) is 17.3. The molecule has 2 aromatic carbocycles. The Balaban J connectivity index is 1.50. The van der Waals surface area contributed by atoms with Crippen LogP contribution < -0.4 is 26.5 Å².